The SMILES string of the molecule is Cc1nc2c3cc(Oc4ccc5c6ccccc6n6c(-c7ccccc7)c(-c7ccccc7)nc6c5c4)ccc3c3ccccc3n2c1C. The van der Waals surface area contributed by atoms with E-state index >= 15 is 0 Å². The Morgan fingerprint density at radius 2 is 0.959 bits per heavy atom. The molecule has 0 aliphatic heterocycles. The maximum Gasteiger partial charge on any atom is 0.146 e. The molecule has 0 saturated carbocycles. The molecule has 0 N–H and O–H groups in total. The van der Waals surface area contributed by atoms with Gasteiger partial charge in [-0.25, -0.2) is 9.97 Å². The van der Waals surface area contributed by atoms with Gasteiger partial charge in [-0.3, -0.25) is 8.80 Å². The maximum absolute atomic E-state index is 6.69. The van der Waals surface area contributed by atoms with Crippen LogP contribution in [-0.4, -0.2) is 18.8 Å². The van der Waals surface area contributed by atoms with Crippen LogP contribution in [0, 0.1) is 13.8 Å². The normalized spacial score (nSPS) is 11.9. The molecule has 4 aromatic heterocycles. The molecule has 0 atom stereocenters. The van der Waals surface area contributed by atoms with Crippen molar-refractivity contribution in [3.8, 4) is 34.0 Å². The van der Waals surface area contributed by atoms with Gasteiger partial charge in [0.2, 0.25) is 0 Å². The Balaban J connectivity index is 1.21. The number of imidazole rings is 2. The predicted molar refractivity (Wildman–Crippen MR) is 201 cm³/mol. The number of pyridine rings is 2. The smallest absolute Gasteiger partial charge is 0.146 e. The summed E-state index contributed by atoms with van der Waals surface area (Å²) in [7, 11) is 0. The van der Waals surface area contributed by atoms with Crippen LogP contribution in [0.5, 0.6) is 11.5 Å². The molecule has 10 aromatic rings. The second kappa shape index (κ2) is 10.5. The largest absolute Gasteiger partial charge is 0.457 e. The second-order valence-corrected chi connectivity index (χ2v) is 12.7. The Morgan fingerprint density at radius 3 is 1.57 bits per heavy atom. The number of para-hydroxylation sites is 2. The number of hydrogen-bond donors (Lipinski definition) is 0. The van der Waals surface area contributed by atoms with E-state index in [-0.39, 0.29) is 0 Å². The summed E-state index contributed by atoms with van der Waals surface area (Å²) in [6, 6.07) is 50.9. The third-order valence-corrected chi connectivity index (χ3v) is 9.89. The first-order valence-corrected chi connectivity index (χ1v) is 16.6. The van der Waals surface area contributed by atoms with Gasteiger partial charge < -0.3 is 4.74 Å². The molecule has 0 radical (unpaired) electrons. The van der Waals surface area contributed by atoms with E-state index in [1.807, 2.05) is 6.07 Å². The molecule has 5 nitrogen and oxygen atoms in total. The third kappa shape index (κ3) is 4.12. The zero-order valence-corrected chi connectivity index (χ0v) is 27.1. The van der Waals surface area contributed by atoms with E-state index in [1.54, 1.807) is 0 Å². The van der Waals surface area contributed by atoms with Crippen molar-refractivity contribution >= 4 is 54.6 Å². The number of hydrogen-bond acceptors (Lipinski definition) is 3. The number of fused-ring (bicyclic) bond motifs is 12. The molecule has 5 heteroatoms. The van der Waals surface area contributed by atoms with Crippen molar-refractivity contribution in [2.75, 3.05) is 0 Å². The highest BCUT2D eigenvalue weighted by molar-refractivity contribution is 6.14. The van der Waals surface area contributed by atoms with Crippen molar-refractivity contribution in [2.45, 2.75) is 13.8 Å². The molecule has 0 unspecified atom stereocenters. The fourth-order valence-corrected chi connectivity index (χ4v) is 7.52. The predicted octanol–water partition coefficient (Wildman–Crippen LogP) is 11.3. The first-order chi connectivity index (χ1) is 24.1. The Bertz CT molecular complexity index is 2920. The third-order valence-electron chi connectivity index (χ3n) is 9.89. The number of nitrogens with zero attached hydrogens (tertiary/aromatic N) is 4. The molecule has 0 spiro atoms. The van der Waals surface area contributed by atoms with E-state index < -0.39 is 0 Å². The topological polar surface area (TPSA) is 43.8 Å². The van der Waals surface area contributed by atoms with Crippen molar-refractivity contribution in [1.29, 1.82) is 0 Å². The molecule has 232 valence electrons. The van der Waals surface area contributed by atoms with Crippen molar-refractivity contribution in [3.63, 3.8) is 0 Å². The number of aromatic nitrogens is 4. The Morgan fingerprint density at radius 1 is 0.449 bits per heavy atom. The minimum atomic E-state index is 0.752. The molecule has 10 rings (SSSR count). The molecule has 0 aliphatic carbocycles. The van der Waals surface area contributed by atoms with Crippen molar-refractivity contribution in [2.24, 2.45) is 0 Å². The zero-order valence-electron chi connectivity index (χ0n) is 27.1. The van der Waals surface area contributed by atoms with Crippen molar-refractivity contribution < 1.29 is 4.74 Å². The highest BCUT2D eigenvalue weighted by Crippen LogP contribution is 2.41. The summed E-state index contributed by atoms with van der Waals surface area (Å²) in [6.45, 7) is 4.21. The van der Waals surface area contributed by atoms with Crippen LogP contribution < -0.4 is 4.74 Å². The number of ether oxygens (including phenoxy) is 1. The second-order valence-electron chi connectivity index (χ2n) is 12.7. The highest BCUT2D eigenvalue weighted by atomic mass is 16.5. The molecule has 6 aromatic carbocycles. The molecule has 4 heterocycles. The lowest BCUT2D eigenvalue weighted by molar-refractivity contribution is 0.484. The molecule has 49 heavy (non-hydrogen) atoms. The van der Waals surface area contributed by atoms with Crippen LogP contribution in [-0.2, 0) is 0 Å². The Labute approximate surface area is 282 Å². The number of aryl methyl sites for hydroxylation is 2. The van der Waals surface area contributed by atoms with Gasteiger partial charge in [0, 0.05) is 38.4 Å². The van der Waals surface area contributed by atoms with Gasteiger partial charge in [-0.15, -0.1) is 0 Å². The summed E-state index contributed by atoms with van der Waals surface area (Å²) < 4.78 is 11.3. The first kappa shape index (κ1) is 27.6. The molecular weight excluding hydrogens is 601 g/mol. The van der Waals surface area contributed by atoms with Crippen molar-refractivity contribution in [1.82, 2.24) is 18.8 Å². The van der Waals surface area contributed by atoms with E-state index in [9.17, 15) is 0 Å². The molecule has 0 bridgehead atoms. The average Bonchev–Trinajstić information content (AvgIpc) is 3.71. The summed E-state index contributed by atoms with van der Waals surface area (Å²) in [5.41, 5.74) is 10.5. The van der Waals surface area contributed by atoms with E-state index in [1.165, 1.54) is 5.39 Å². The fourth-order valence-electron chi connectivity index (χ4n) is 7.52. The maximum atomic E-state index is 6.69. The minimum Gasteiger partial charge on any atom is -0.457 e. The summed E-state index contributed by atoms with van der Waals surface area (Å²) in [4.78, 5) is 10.4. The van der Waals surface area contributed by atoms with Gasteiger partial charge in [-0.05, 0) is 73.2 Å². The van der Waals surface area contributed by atoms with Crippen molar-refractivity contribution in [3.05, 3.63) is 157 Å². The van der Waals surface area contributed by atoms with Crippen LogP contribution in [0.3, 0.4) is 0 Å². The summed E-state index contributed by atoms with van der Waals surface area (Å²) >= 11 is 0. The van der Waals surface area contributed by atoms with E-state index in [0.29, 0.717) is 0 Å². The van der Waals surface area contributed by atoms with Crippen LogP contribution in [0.1, 0.15) is 11.4 Å². The van der Waals surface area contributed by atoms with Gasteiger partial charge in [0.1, 0.15) is 22.8 Å². The molecular formula is C44H30N4O. The van der Waals surface area contributed by atoms with Crippen LogP contribution in [0.4, 0.5) is 0 Å². The quantitative estimate of drug-likeness (QED) is 0.182. The molecule has 0 saturated heterocycles. The van der Waals surface area contributed by atoms with Gasteiger partial charge in [0.25, 0.3) is 0 Å². The van der Waals surface area contributed by atoms with Crippen LogP contribution in [0.15, 0.2) is 146 Å². The lowest BCUT2D eigenvalue weighted by Crippen LogP contribution is -1.95. The lowest BCUT2D eigenvalue weighted by Gasteiger charge is -2.14. The van der Waals surface area contributed by atoms with Crippen LogP contribution in [0.2, 0.25) is 0 Å². The zero-order chi connectivity index (χ0) is 32.6. The summed E-state index contributed by atoms with van der Waals surface area (Å²) in [5.74, 6) is 1.51. The summed E-state index contributed by atoms with van der Waals surface area (Å²) in [6.07, 6.45) is 0. The number of benzene rings is 6. The van der Waals surface area contributed by atoms with Gasteiger partial charge >= 0.3 is 0 Å². The molecule has 0 fully saturated rings. The Hall–Kier alpha value is -6.46. The molecule has 0 aliphatic rings. The minimum absolute atomic E-state index is 0.752. The van der Waals surface area contributed by atoms with Gasteiger partial charge in [0.05, 0.1) is 28.1 Å². The van der Waals surface area contributed by atoms with E-state index in [2.05, 4.69) is 162 Å². The van der Waals surface area contributed by atoms with Crippen LogP contribution in [0.25, 0.3) is 77.2 Å². The van der Waals surface area contributed by atoms with Gasteiger partial charge in [-0.1, -0.05) is 97.1 Å². The fraction of sp³-hybridized carbons (Fsp3) is 0.0455. The lowest BCUT2D eigenvalue weighted by atomic mass is 10.0. The van der Waals surface area contributed by atoms with Crippen LogP contribution >= 0.6 is 0 Å². The van der Waals surface area contributed by atoms with E-state index in [0.717, 1.165) is 94.7 Å². The summed E-state index contributed by atoms with van der Waals surface area (Å²) in [5, 5.41) is 6.75. The first-order valence-electron chi connectivity index (χ1n) is 16.6. The van der Waals surface area contributed by atoms with Gasteiger partial charge in [-0.2, -0.15) is 0 Å². The average molecular weight is 631 g/mol. The number of rotatable bonds is 4. The standard InChI is InChI=1S/C44H30N4O/c1-27-28(2)47-39-19-11-9-17-35(39)33-23-21-31(25-37(33)43(47)45-27)49-32-22-24-34-36-18-10-12-20-40(36)48-42(30-15-7-4-8-16-30)41(29-13-5-3-6-14-29)46-44(48)38(34)26-32/h3-26H,1-2H3. The highest BCUT2D eigenvalue weighted by Gasteiger charge is 2.21. The monoisotopic (exact) mass is 630 g/mol. The Kier molecular flexibility index (Phi) is 5.94. The van der Waals surface area contributed by atoms with Gasteiger partial charge in [0.15, 0.2) is 0 Å². The molecule has 0 amide bonds. The van der Waals surface area contributed by atoms with E-state index in [4.69, 9.17) is 14.7 Å².